The fourth-order valence-electron chi connectivity index (χ4n) is 3.95. The average Bonchev–Trinajstić information content (AvgIpc) is 2.65. The van der Waals surface area contributed by atoms with E-state index in [-0.39, 0.29) is 18.0 Å². The number of amides is 3. The Morgan fingerprint density at radius 2 is 1.35 bits per heavy atom. The van der Waals surface area contributed by atoms with Gasteiger partial charge in [0.1, 0.15) is 0 Å². The van der Waals surface area contributed by atoms with Gasteiger partial charge in [-0.25, -0.2) is 4.79 Å². The van der Waals surface area contributed by atoms with Gasteiger partial charge in [-0.2, -0.15) is 0 Å². The van der Waals surface area contributed by atoms with E-state index in [9.17, 15) is 9.59 Å². The molecule has 1 aliphatic carbocycles. The van der Waals surface area contributed by atoms with Crippen molar-refractivity contribution >= 4 is 11.9 Å². The molecule has 2 aliphatic rings. The Balaban J connectivity index is 1.41. The minimum Gasteiger partial charge on any atom is -0.349 e. The predicted octanol–water partition coefficient (Wildman–Crippen LogP) is 3.70. The smallest absolute Gasteiger partial charge is 0.317 e. The Morgan fingerprint density at radius 1 is 0.769 bits per heavy atom. The van der Waals surface area contributed by atoms with Crippen LogP contribution in [0.25, 0.3) is 0 Å². The highest BCUT2D eigenvalue weighted by Crippen LogP contribution is 2.18. The van der Waals surface area contributed by atoms with Crippen molar-refractivity contribution in [2.45, 2.75) is 69.9 Å². The normalized spacial score (nSPS) is 20.1. The van der Waals surface area contributed by atoms with Crippen LogP contribution in [0.15, 0.2) is 30.3 Å². The van der Waals surface area contributed by atoms with Gasteiger partial charge in [0.25, 0.3) is 5.91 Å². The molecule has 0 radical (unpaired) electrons. The fourth-order valence-corrected chi connectivity index (χ4v) is 3.95. The van der Waals surface area contributed by atoms with Gasteiger partial charge in [0.05, 0.1) is 0 Å². The Morgan fingerprint density at radius 3 is 2.00 bits per heavy atom. The summed E-state index contributed by atoms with van der Waals surface area (Å²) in [5, 5.41) is 6.33. The van der Waals surface area contributed by atoms with E-state index >= 15 is 0 Å². The molecule has 5 heteroatoms. The maximum Gasteiger partial charge on any atom is 0.317 e. The lowest BCUT2D eigenvalue weighted by molar-refractivity contribution is 0.0917. The van der Waals surface area contributed by atoms with Crippen LogP contribution in [-0.4, -0.2) is 42.0 Å². The number of likely N-dealkylation sites (tertiary alicyclic amines) is 1. The third-order valence-corrected chi connectivity index (χ3v) is 5.59. The van der Waals surface area contributed by atoms with Gasteiger partial charge < -0.3 is 15.5 Å². The number of hydrogen-bond acceptors (Lipinski definition) is 2. The number of rotatable bonds is 3. The maximum absolute atomic E-state index is 12.5. The molecular formula is C21H31N3O2. The number of piperidine rings is 1. The number of nitrogens with zero attached hydrogens (tertiary/aromatic N) is 1. The quantitative estimate of drug-likeness (QED) is 0.866. The van der Waals surface area contributed by atoms with Crippen LogP contribution >= 0.6 is 0 Å². The summed E-state index contributed by atoms with van der Waals surface area (Å²) in [5.74, 6) is -0.0250. The number of hydrogen-bond donors (Lipinski definition) is 2. The molecule has 2 fully saturated rings. The Bertz CT molecular complexity index is 574. The van der Waals surface area contributed by atoms with Crippen LogP contribution in [0.5, 0.6) is 0 Å². The van der Waals surface area contributed by atoms with Crippen LogP contribution in [0, 0.1) is 0 Å². The van der Waals surface area contributed by atoms with Gasteiger partial charge in [-0.3, -0.25) is 4.79 Å². The van der Waals surface area contributed by atoms with Gasteiger partial charge in [-0.15, -0.1) is 0 Å². The lowest BCUT2D eigenvalue weighted by Crippen LogP contribution is -2.51. The van der Waals surface area contributed by atoms with Crippen LogP contribution in [-0.2, 0) is 0 Å². The molecule has 5 nitrogen and oxygen atoms in total. The molecule has 3 rings (SSSR count). The van der Waals surface area contributed by atoms with Crippen LogP contribution < -0.4 is 10.6 Å². The molecule has 1 aromatic carbocycles. The zero-order chi connectivity index (χ0) is 18.2. The van der Waals surface area contributed by atoms with Gasteiger partial charge >= 0.3 is 6.03 Å². The summed E-state index contributed by atoms with van der Waals surface area (Å²) in [6, 6.07) is 9.85. The highest BCUT2D eigenvalue weighted by molar-refractivity contribution is 5.94. The second-order valence-corrected chi connectivity index (χ2v) is 7.59. The van der Waals surface area contributed by atoms with E-state index in [1.807, 2.05) is 35.2 Å². The molecule has 1 aliphatic heterocycles. The molecule has 0 unspecified atom stereocenters. The first-order chi connectivity index (χ1) is 12.7. The lowest BCUT2D eigenvalue weighted by Gasteiger charge is -2.34. The first kappa shape index (κ1) is 18.7. The lowest BCUT2D eigenvalue weighted by atomic mass is 9.97. The second-order valence-electron chi connectivity index (χ2n) is 7.59. The molecule has 0 atom stereocenters. The number of nitrogens with one attached hydrogen (secondary N) is 2. The first-order valence-corrected chi connectivity index (χ1v) is 10.1. The largest absolute Gasteiger partial charge is 0.349 e. The van der Waals surface area contributed by atoms with Crippen molar-refractivity contribution in [3.05, 3.63) is 35.9 Å². The summed E-state index contributed by atoms with van der Waals surface area (Å²) in [6.45, 7) is 1.41. The molecule has 1 aromatic rings. The number of urea groups is 1. The zero-order valence-corrected chi connectivity index (χ0v) is 15.6. The number of carbonyl (C=O) groups excluding carboxylic acids is 2. The van der Waals surface area contributed by atoms with E-state index in [4.69, 9.17) is 0 Å². The zero-order valence-electron chi connectivity index (χ0n) is 15.6. The molecule has 0 bridgehead atoms. The van der Waals surface area contributed by atoms with Crippen molar-refractivity contribution in [2.75, 3.05) is 13.1 Å². The van der Waals surface area contributed by atoms with Crippen LogP contribution in [0.3, 0.4) is 0 Å². The van der Waals surface area contributed by atoms with Crippen molar-refractivity contribution in [3.63, 3.8) is 0 Å². The van der Waals surface area contributed by atoms with Crippen molar-refractivity contribution in [1.82, 2.24) is 15.5 Å². The predicted molar refractivity (Wildman–Crippen MR) is 103 cm³/mol. The van der Waals surface area contributed by atoms with Gasteiger partial charge in [0.2, 0.25) is 0 Å². The van der Waals surface area contributed by atoms with Crippen molar-refractivity contribution in [2.24, 2.45) is 0 Å². The van der Waals surface area contributed by atoms with E-state index in [1.165, 1.54) is 32.1 Å². The molecule has 3 amide bonds. The highest BCUT2D eigenvalue weighted by atomic mass is 16.2. The third kappa shape index (κ3) is 5.48. The van der Waals surface area contributed by atoms with Crippen LogP contribution in [0.1, 0.15) is 68.1 Å². The molecule has 26 heavy (non-hydrogen) atoms. The molecule has 1 saturated carbocycles. The molecule has 1 saturated heterocycles. The minimum atomic E-state index is -0.0250. The van der Waals surface area contributed by atoms with Gasteiger partial charge in [-0.05, 0) is 37.8 Å². The van der Waals surface area contributed by atoms with Gasteiger partial charge in [0.15, 0.2) is 0 Å². The number of carbonyl (C=O) groups is 2. The summed E-state index contributed by atoms with van der Waals surface area (Å²) >= 11 is 0. The molecule has 142 valence electrons. The monoisotopic (exact) mass is 357 g/mol. The fraction of sp³-hybridized carbons (Fsp3) is 0.619. The molecule has 2 N–H and O–H groups in total. The minimum absolute atomic E-state index is 0.0250. The molecular weight excluding hydrogens is 326 g/mol. The summed E-state index contributed by atoms with van der Waals surface area (Å²) in [5.41, 5.74) is 0.692. The standard InChI is InChI=1S/C21H31N3O2/c25-20(17-9-5-4-6-10-17)22-19-13-15-24(16-14-19)21(26)23-18-11-7-2-1-3-8-12-18/h4-6,9-10,18-19H,1-3,7-8,11-16H2,(H,22,25)(H,23,26). The topological polar surface area (TPSA) is 61.4 Å². The summed E-state index contributed by atoms with van der Waals surface area (Å²) < 4.78 is 0. The van der Waals surface area contributed by atoms with E-state index in [2.05, 4.69) is 10.6 Å². The van der Waals surface area contributed by atoms with Crippen LogP contribution in [0.2, 0.25) is 0 Å². The van der Waals surface area contributed by atoms with E-state index in [0.29, 0.717) is 24.7 Å². The Kier molecular flexibility index (Phi) is 6.92. The highest BCUT2D eigenvalue weighted by Gasteiger charge is 2.25. The first-order valence-electron chi connectivity index (χ1n) is 10.1. The number of benzene rings is 1. The average molecular weight is 357 g/mol. The Labute approximate surface area is 156 Å². The van der Waals surface area contributed by atoms with Crippen LogP contribution in [0.4, 0.5) is 4.79 Å². The van der Waals surface area contributed by atoms with Crippen molar-refractivity contribution in [3.8, 4) is 0 Å². The third-order valence-electron chi connectivity index (χ3n) is 5.59. The van der Waals surface area contributed by atoms with Gasteiger partial charge in [-0.1, -0.05) is 50.3 Å². The van der Waals surface area contributed by atoms with E-state index in [0.717, 1.165) is 25.7 Å². The molecule has 0 aromatic heterocycles. The summed E-state index contributed by atoms with van der Waals surface area (Å²) in [7, 11) is 0. The SMILES string of the molecule is O=C(NC1CCN(C(=O)NC2CCCCCCC2)CC1)c1ccccc1. The van der Waals surface area contributed by atoms with Crippen molar-refractivity contribution < 1.29 is 9.59 Å². The summed E-state index contributed by atoms with van der Waals surface area (Å²) in [6.07, 6.45) is 10.2. The summed E-state index contributed by atoms with van der Waals surface area (Å²) in [4.78, 5) is 26.7. The Hall–Kier alpha value is -2.04. The molecule has 1 heterocycles. The van der Waals surface area contributed by atoms with E-state index < -0.39 is 0 Å². The van der Waals surface area contributed by atoms with Gasteiger partial charge in [0, 0.05) is 30.7 Å². The molecule has 0 spiro atoms. The van der Waals surface area contributed by atoms with Crippen molar-refractivity contribution in [1.29, 1.82) is 0 Å². The van der Waals surface area contributed by atoms with E-state index in [1.54, 1.807) is 0 Å². The second kappa shape index (κ2) is 9.60. The maximum atomic E-state index is 12.5.